The maximum Gasteiger partial charge on any atom is 0.191 e. The second kappa shape index (κ2) is 10.7. The molecule has 0 amide bonds. The van der Waals surface area contributed by atoms with Crippen molar-refractivity contribution in [1.29, 1.82) is 0 Å². The van der Waals surface area contributed by atoms with Crippen molar-refractivity contribution in [2.45, 2.75) is 51.2 Å². The van der Waals surface area contributed by atoms with Gasteiger partial charge in [-0.2, -0.15) is 0 Å². The molecule has 2 aromatic carbocycles. The topological polar surface area (TPSA) is 57.7 Å². The molecule has 5 nitrogen and oxygen atoms in total. The third kappa shape index (κ3) is 6.28. The van der Waals surface area contributed by atoms with E-state index in [1.807, 2.05) is 25.1 Å². The zero-order valence-electron chi connectivity index (χ0n) is 19.0. The van der Waals surface area contributed by atoms with E-state index in [4.69, 9.17) is 4.74 Å². The van der Waals surface area contributed by atoms with Gasteiger partial charge in [-0.15, -0.1) is 0 Å². The van der Waals surface area contributed by atoms with Gasteiger partial charge in [0.05, 0.1) is 6.04 Å². The minimum Gasteiger partial charge on any atom is -0.381 e. The Morgan fingerprint density at radius 3 is 2.42 bits per heavy atom. The maximum atomic E-state index is 14.0. The van der Waals surface area contributed by atoms with Gasteiger partial charge in [0.2, 0.25) is 0 Å². The first kappa shape index (κ1) is 23.2. The lowest BCUT2D eigenvalue weighted by Crippen LogP contribution is -2.58. The molecule has 3 N–H and O–H groups in total. The lowest BCUT2D eigenvalue weighted by molar-refractivity contribution is 0.0354. The van der Waals surface area contributed by atoms with Crippen LogP contribution in [0.2, 0.25) is 0 Å². The fraction of sp³-hybridized carbons (Fsp3) is 0.480. The highest BCUT2D eigenvalue weighted by Gasteiger charge is 2.34. The van der Waals surface area contributed by atoms with E-state index in [0.717, 1.165) is 38.2 Å². The molecule has 0 aromatic heterocycles. The van der Waals surface area contributed by atoms with Gasteiger partial charge in [0.1, 0.15) is 5.82 Å². The minimum atomic E-state index is -0.186. The van der Waals surface area contributed by atoms with Gasteiger partial charge in [-0.3, -0.25) is 4.99 Å². The van der Waals surface area contributed by atoms with Crippen molar-refractivity contribution in [3.05, 3.63) is 71.0 Å². The van der Waals surface area contributed by atoms with Gasteiger partial charge in [0.25, 0.3) is 0 Å². The van der Waals surface area contributed by atoms with Gasteiger partial charge in [-0.25, -0.2) is 4.39 Å². The summed E-state index contributed by atoms with van der Waals surface area (Å²) in [7, 11) is 1.76. The number of benzene rings is 2. The second-order valence-corrected chi connectivity index (χ2v) is 8.47. The minimum absolute atomic E-state index is 0.0665. The number of rotatable bonds is 7. The first-order chi connectivity index (χ1) is 14.9. The molecule has 0 aliphatic carbocycles. The lowest BCUT2D eigenvalue weighted by Gasteiger charge is -2.41. The van der Waals surface area contributed by atoms with Crippen molar-refractivity contribution < 1.29 is 9.13 Å². The normalized spacial score (nSPS) is 18.3. The molecular formula is C25H35FN4O. The highest BCUT2D eigenvalue weighted by atomic mass is 19.1. The Hall–Kier alpha value is -2.44. The summed E-state index contributed by atoms with van der Waals surface area (Å²) < 4.78 is 19.6. The van der Waals surface area contributed by atoms with Crippen LogP contribution in [0, 0.1) is 12.7 Å². The van der Waals surface area contributed by atoms with E-state index < -0.39 is 0 Å². The Labute approximate surface area is 185 Å². The summed E-state index contributed by atoms with van der Waals surface area (Å²) in [6, 6.07) is 16.0. The van der Waals surface area contributed by atoms with E-state index in [9.17, 15) is 4.39 Å². The standard InChI is InChI=1S/C25H35FN4O/c1-18-10-11-22(16-23(18)26)19(2)29-24(27-4)28-17-25(12-14-31-15-13-25)30-20(3)21-8-6-5-7-9-21/h5-11,16,19-20,30H,12-15,17H2,1-4H3,(H2,27,28,29). The largest absolute Gasteiger partial charge is 0.381 e. The first-order valence-electron chi connectivity index (χ1n) is 11.1. The van der Waals surface area contributed by atoms with Gasteiger partial charge >= 0.3 is 0 Å². The average molecular weight is 427 g/mol. The van der Waals surface area contributed by atoms with Gasteiger partial charge in [-0.1, -0.05) is 42.5 Å². The maximum absolute atomic E-state index is 14.0. The zero-order chi connectivity index (χ0) is 22.3. The number of nitrogens with zero attached hydrogens (tertiary/aromatic N) is 1. The fourth-order valence-electron chi connectivity index (χ4n) is 4.03. The molecule has 1 saturated heterocycles. The Kier molecular flexibility index (Phi) is 8.04. The Bertz CT molecular complexity index is 865. The van der Waals surface area contributed by atoms with E-state index in [1.165, 1.54) is 5.56 Å². The van der Waals surface area contributed by atoms with Crippen LogP contribution in [0.4, 0.5) is 4.39 Å². The average Bonchev–Trinajstić information content (AvgIpc) is 2.79. The number of aryl methyl sites for hydroxylation is 1. The molecule has 0 saturated carbocycles. The fourth-order valence-corrected chi connectivity index (χ4v) is 4.03. The van der Waals surface area contributed by atoms with Crippen molar-refractivity contribution in [3.63, 3.8) is 0 Å². The summed E-state index contributed by atoms with van der Waals surface area (Å²) in [5.74, 6) is 0.517. The Morgan fingerprint density at radius 1 is 1.06 bits per heavy atom. The van der Waals surface area contributed by atoms with E-state index in [0.29, 0.717) is 11.5 Å². The van der Waals surface area contributed by atoms with Crippen molar-refractivity contribution in [2.24, 2.45) is 4.99 Å². The molecule has 0 spiro atoms. The van der Waals surface area contributed by atoms with Crippen LogP contribution in [0.15, 0.2) is 53.5 Å². The summed E-state index contributed by atoms with van der Waals surface area (Å²) in [6.07, 6.45) is 1.85. The van der Waals surface area contributed by atoms with E-state index in [2.05, 4.69) is 52.1 Å². The molecule has 2 unspecified atom stereocenters. The van der Waals surface area contributed by atoms with Crippen LogP contribution in [-0.2, 0) is 4.74 Å². The van der Waals surface area contributed by atoms with Crippen molar-refractivity contribution in [1.82, 2.24) is 16.0 Å². The molecule has 1 aliphatic heterocycles. The van der Waals surface area contributed by atoms with Crippen LogP contribution >= 0.6 is 0 Å². The Morgan fingerprint density at radius 2 is 1.77 bits per heavy atom. The number of nitrogens with one attached hydrogen (secondary N) is 3. The molecule has 2 aromatic rings. The predicted octanol–water partition coefficient (Wildman–Crippen LogP) is 4.26. The molecule has 0 bridgehead atoms. The molecule has 1 aliphatic rings. The van der Waals surface area contributed by atoms with Gasteiger partial charge in [-0.05, 0) is 56.4 Å². The van der Waals surface area contributed by atoms with Gasteiger partial charge in [0, 0.05) is 38.4 Å². The van der Waals surface area contributed by atoms with Crippen LogP contribution in [0.25, 0.3) is 0 Å². The summed E-state index contributed by atoms with van der Waals surface area (Å²) in [4.78, 5) is 4.39. The number of ether oxygens (including phenoxy) is 1. The van der Waals surface area contributed by atoms with E-state index in [1.54, 1.807) is 20.0 Å². The van der Waals surface area contributed by atoms with Gasteiger partial charge in [0.15, 0.2) is 5.96 Å². The van der Waals surface area contributed by atoms with Crippen LogP contribution in [0.1, 0.15) is 55.5 Å². The molecule has 0 radical (unpaired) electrons. The SMILES string of the molecule is CN=C(NCC1(NC(C)c2ccccc2)CCOCC1)NC(C)c1ccc(C)c(F)c1. The van der Waals surface area contributed by atoms with Gasteiger partial charge < -0.3 is 20.7 Å². The highest BCUT2D eigenvalue weighted by Crippen LogP contribution is 2.25. The van der Waals surface area contributed by atoms with E-state index in [-0.39, 0.29) is 23.4 Å². The van der Waals surface area contributed by atoms with Crippen LogP contribution in [0.5, 0.6) is 0 Å². The molecule has 168 valence electrons. The summed E-state index contributed by atoms with van der Waals surface area (Å²) >= 11 is 0. The summed E-state index contributed by atoms with van der Waals surface area (Å²) in [5.41, 5.74) is 2.72. The number of guanidine groups is 1. The summed E-state index contributed by atoms with van der Waals surface area (Å²) in [6.45, 7) is 8.18. The molecule has 6 heteroatoms. The molecule has 1 heterocycles. The third-order valence-corrected chi connectivity index (χ3v) is 6.14. The van der Waals surface area contributed by atoms with Crippen molar-refractivity contribution >= 4 is 5.96 Å². The molecule has 1 fully saturated rings. The smallest absolute Gasteiger partial charge is 0.191 e. The Balaban J connectivity index is 1.64. The van der Waals surface area contributed by atoms with Crippen molar-refractivity contribution in [3.8, 4) is 0 Å². The molecule has 3 rings (SSSR count). The highest BCUT2D eigenvalue weighted by molar-refractivity contribution is 5.80. The zero-order valence-corrected chi connectivity index (χ0v) is 19.0. The molecule has 2 atom stereocenters. The number of hydrogen-bond donors (Lipinski definition) is 3. The van der Waals surface area contributed by atoms with Crippen LogP contribution in [0.3, 0.4) is 0 Å². The molecule has 31 heavy (non-hydrogen) atoms. The quantitative estimate of drug-likeness (QED) is 0.457. The number of hydrogen-bond acceptors (Lipinski definition) is 3. The van der Waals surface area contributed by atoms with Crippen LogP contribution in [-0.4, -0.2) is 38.3 Å². The summed E-state index contributed by atoms with van der Waals surface area (Å²) in [5, 5.41) is 10.7. The second-order valence-electron chi connectivity index (χ2n) is 8.47. The molecular weight excluding hydrogens is 391 g/mol. The van der Waals surface area contributed by atoms with Crippen molar-refractivity contribution in [2.75, 3.05) is 26.8 Å². The monoisotopic (exact) mass is 426 g/mol. The lowest BCUT2D eigenvalue weighted by atomic mass is 9.88. The number of aliphatic imine (C=N–C) groups is 1. The third-order valence-electron chi connectivity index (χ3n) is 6.14. The predicted molar refractivity (Wildman–Crippen MR) is 125 cm³/mol. The first-order valence-corrected chi connectivity index (χ1v) is 11.1. The number of halogens is 1. The van der Waals surface area contributed by atoms with E-state index >= 15 is 0 Å². The van der Waals surface area contributed by atoms with Crippen LogP contribution < -0.4 is 16.0 Å².